The molecule has 0 aliphatic rings. The van der Waals surface area contributed by atoms with Crippen molar-refractivity contribution in [2.75, 3.05) is 11.4 Å². The summed E-state index contributed by atoms with van der Waals surface area (Å²) in [4.78, 5) is 16.0. The van der Waals surface area contributed by atoms with E-state index in [1.807, 2.05) is 0 Å². The Kier molecular flexibility index (Phi) is 4.07. The van der Waals surface area contributed by atoms with Gasteiger partial charge >= 0.3 is 12.1 Å². The second kappa shape index (κ2) is 5.07. The Hall–Kier alpha value is -1.79. The zero-order valence-corrected chi connectivity index (χ0v) is 10.8. The number of anilines is 1. The van der Waals surface area contributed by atoms with Crippen molar-refractivity contribution in [2.45, 2.75) is 32.5 Å². The first-order valence-corrected chi connectivity index (χ1v) is 5.54. The summed E-state index contributed by atoms with van der Waals surface area (Å²) in [6, 6.07) is 1.71. The van der Waals surface area contributed by atoms with E-state index in [1.165, 1.54) is 4.90 Å². The maximum atomic E-state index is 12.6. The molecule has 4 nitrogen and oxygen atoms in total. The largest absolute Gasteiger partial charge is 0.480 e. The lowest BCUT2D eigenvalue weighted by Crippen LogP contribution is -2.45. The molecular formula is C12H15F3N2O2. The summed E-state index contributed by atoms with van der Waals surface area (Å²) in [5.74, 6) is -1.14. The van der Waals surface area contributed by atoms with E-state index in [4.69, 9.17) is 5.11 Å². The zero-order valence-electron chi connectivity index (χ0n) is 10.8. The third-order valence-corrected chi connectivity index (χ3v) is 2.45. The summed E-state index contributed by atoms with van der Waals surface area (Å²) in [5, 5.41) is 8.85. The molecule has 19 heavy (non-hydrogen) atoms. The van der Waals surface area contributed by atoms with Gasteiger partial charge in [0, 0.05) is 11.7 Å². The fraction of sp³-hybridized carbons (Fsp3) is 0.500. The number of rotatable bonds is 3. The van der Waals surface area contributed by atoms with Gasteiger partial charge in [0.15, 0.2) is 0 Å². The highest BCUT2D eigenvalue weighted by atomic mass is 19.4. The van der Waals surface area contributed by atoms with Crippen LogP contribution in [-0.2, 0) is 11.0 Å². The molecule has 1 aromatic heterocycles. The first-order chi connectivity index (χ1) is 8.51. The standard InChI is InChI=1S/C12H15F3N2O2/c1-11(2,3)17(7-10(18)19)9-6-8(4-5-16-9)12(13,14)15/h4-6H,7H2,1-3H3,(H,18,19). The van der Waals surface area contributed by atoms with Crippen LogP contribution in [0.3, 0.4) is 0 Å². The number of aromatic nitrogens is 1. The normalized spacial score (nSPS) is 12.3. The van der Waals surface area contributed by atoms with Crippen LogP contribution in [0.25, 0.3) is 0 Å². The number of hydrogen-bond donors (Lipinski definition) is 1. The molecule has 1 aromatic rings. The molecule has 7 heteroatoms. The average molecular weight is 276 g/mol. The summed E-state index contributed by atoms with van der Waals surface area (Å²) in [6.07, 6.45) is -3.46. The van der Waals surface area contributed by atoms with Crippen LogP contribution in [0.1, 0.15) is 26.3 Å². The molecule has 0 saturated carbocycles. The molecule has 0 aromatic carbocycles. The van der Waals surface area contributed by atoms with E-state index in [0.717, 1.165) is 18.3 Å². The fourth-order valence-corrected chi connectivity index (χ4v) is 1.54. The van der Waals surface area contributed by atoms with Gasteiger partial charge in [-0.05, 0) is 32.9 Å². The predicted octanol–water partition coefficient (Wildman–Crippen LogP) is 2.79. The van der Waals surface area contributed by atoms with Gasteiger partial charge in [-0.15, -0.1) is 0 Å². The van der Waals surface area contributed by atoms with Crippen molar-refractivity contribution in [1.82, 2.24) is 4.98 Å². The number of carboxylic acid groups (broad SMARTS) is 1. The highest BCUT2D eigenvalue weighted by Crippen LogP contribution is 2.32. The van der Waals surface area contributed by atoms with Gasteiger partial charge < -0.3 is 10.0 Å². The molecule has 106 valence electrons. The Morgan fingerprint density at radius 1 is 1.37 bits per heavy atom. The Morgan fingerprint density at radius 2 is 1.95 bits per heavy atom. The molecule has 0 radical (unpaired) electrons. The van der Waals surface area contributed by atoms with Gasteiger partial charge in [-0.2, -0.15) is 13.2 Å². The van der Waals surface area contributed by atoms with Gasteiger partial charge in [0.2, 0.25) is 0 Å². The lowest BCUT2D eigenvalue weighted by Gasteiger charge is -2.35. The van der Waals surface area contributed by atoms with Crippen LogP contribution in [0.15, 0.2) is 18.3 Å². The number of alkyl halides is 3. The highest BCUT2D eigenvalue weighted by Gasteiger charge is 2.32. The minimum absolute atomic E-state index is 0.00951. The molecule has 0 fully saturated rings. The monoisotopic (exact) mass is 276 g/mol. The maximum Gasteiger partial charge on any atom is 0.416 e. The SMILES string of the molecule is CC(C)(C)N(CC(=O)O)c1cc(C(F)(F)F)ccn1. The summed E-state index contributed by atoms with van der Waals surface area (Å²) < 4.78 is 37.9. The minimum Gasteiger partial charge on any atom is -0.480 e. The second-order valence-electron chi connectivity index (χ2n) is 5.05. The van der Waals surface area contributed by atoms with E-state index < -0.39 is 29.8 Å². The third-order valence-electron chi connectivity index (χ3n) is 2.45. The fourth-order valence-electron chi connectivity index (χ4n) is 1.54. The average Bonchev–Trinajstić information content (AvgIpc) is 2.23. The van der Waals surface area contributed by atoms with E-state index in [2.05, 4.69) is 4.98 Å². The molecule has 0 aliphatic heterocycles. The van der Waals surface area contributed by atoms with E-state index in [1.54, 1.807) is 20.8 Å². The van der Waals surface area contributed by atoms with E-state index in [-0.39, 0.29) is 5.82 Å². The Balaban J connectivity index is 3.20. The molecule has 0 spiro atoms. The zero-order chi connectivity index (χ0) is 14.8. The highest BCUT2D eigenvalue weighted by molar-refractivity contribution is 5.73. The molecular weight excluding hydrogens is 261 g/mol. The lowest BCUT2D eigenvalue weighted by molar-refractivity contribution is -0.137. The van der Waals surface area contributed by atoms with Crippen LogP contribution in [-0.4, -0.2) is 28.1 Å². The van der Waals surface area contributed by atoms with Crippen LogP contribution < -0.4 is 4.90 Å². The molecule has 1 rings (SSSR count). The van der Waals surface area contributed by atoms with Crippen LogP contribution in [0.4, 0.5) is 19.0 Å². The lowest BCUT2D eigenvalue weighted by atomic mass is 10.1. The van der Waals surface area contributed by atoms with Crippen molar-refractivity contribution in [3.8, 4) is 0 Å². The molecule has 0 saturated heterocycles. The van der Waals surface area contributed by atoms with Gasteiger partial charge in [-0.3, -0.25) is 4.79 Å². The van der Waals surface area contributed by atoms with Crippen molar-refractivity contribution in [3.63, 3.8) is 0 Å². The molecule has 1 N–H and O–H groups in total. The molecule has 0 unspecified atom stereocenters. The van der Waals surface area contributed by atoms with Gasteiger partial charge in [-0.25, -0.2) is 4.98 Å². The van der Waals surface area contributed by atoms with Crippen molar-refractivity contribution in [2.24, 2.45) is 0 Å². The molecule has 1 heterocycles. The van der Waals surface area contributed by atoms with Gasteiger partial charge in [0.1, 0.15) is 12.4 Å². The predicted molar refractivity (Wildman–Crippen MR) is 64.0 cm³/mol. The van der Waals surface area contributed by atoms with Crippen LogP contribution in [0.2, 0.25) is 0 Å². The Morgan fingerprint density at radius 3 is 2.37 bits per heavy atom. The summed E-state index contributed by atoms with van der Waals surface area (Å²) in [7, 11) is 0. The van der Waals surface area contributed by atoms with E-state index >= 15 is 0 Å². The number of carboxylic acids is 1. The molecule has 0 amide bonds. The Bertz CT molecular complexity index is 467. The number of halogens is 3. The van der Waals surface area contributed by atoms with E-state index in [0.29, 0.717) is 0 Å². The van der Waals surface area contributed by atoms with Gasteiger partial charge in [0.25, 0.3) is 0 Å². The summed E-state index contributed by atoms with van der Waals surface area (Å²) >= 11 is 0. The first kappa shape index (κ1) is 15.3. The third kappa shape index (κ3) is 4.11. The number of pyridine rings is 1. The smallest absolute Gasteiger partial charge is 0.416 e. The minimum atomic E-state index is -4.48. The second-order valence-corrected chi connectivity index (χ2v) is 5.05. The van der Waals surface area contributed by atoms with Crippen molar-refractivity contribution in [1.29, 1.82) is 0 Å². The van der Waals surface area contributed by atoms with Crippen LogP contribution in [0.5, 0.6) is 0 Å². The summed E-state index contributed by atoms with van der Waals surface area (Å²) in [6.45, 7) is 4.70. The van der Waals surface area contributed by atoms with Gasteiger partial charge in [-0.1, -0.05) is 0 Å². The summed E-state index contributed by atoms with van der Waals surface area (Å²) in [5.41, 5.74) is -1.51. The van der Waals surface area contributed by atoms with Crippen LogP contribution in [0, 0.1) is 0 Å². The first-order valence-electron chi connectivity index (χ1n) is 5.54. The number of nitrogens with zero attached hydrogens (tertiary/aromatic N) is 2. The van der Waals surface area contributed by atoms with Crippen molar-refractivity contribution >= 4 is 11.8 Å². The molecule has 0 aliphatic carbocycles. The number of hydrogen-bond acceptors (Lipinski definition) is 3. The topological polar surface area (TPSA) is 53.4 Å². The van der Waals surface area contributed by atoms with Crippen molar-refractivity contribution in [3.05, 3.63) is 23.9 Å². The number of carbonyl (C=O) groups is 1. The number of aliphatic carboxylic acids is 1. The van der Waals surface area contributed by atoms with Gasteiger partial charge in [0.05, 0.1) is 5.56 Å². The Labute approximate surface area is 108 Å². The van der Waals surface area contributed by atoms with Crippen molar-refractivity contribution < 1.29 is 23.1 Å². The van der Waals surface area contributed by atoms with Crippen LogP contribution >= 0.6 is 0 Å². The molecule has 0 atom stereocenters. The maximum absolute atomic E-state index is 12.6. The van der Waals surface area contributed by atoms with E-state index in [9.17, 15) is 18.0 Å². The quantitative estimate of drug-likeness (QED) is 0.922. The molecule has 0 bridgehead atoms.